The van der Waals surface area contributed by atoms with Crippen molar-refractivity contribution in [3.63, 3.8) is 0 Å². The maximum Gasteiger partial charge on any atom is 0.306 e. The average Bonchev–Trinajstić information content (AvgIpc) is 3.51. The lowest BCUT2D eigenvalue weighted by molar-refractivity contribution is -0.146. The van der Waals surface area contributed by atoms with Crippen molar-refractivity contribution in [3.8, 4) is 23.5 Å². The summed E-state index contributed by atoms with van der Waals surface area (Å²) in [4.78, 5) is 50.9. The fourth-order valence-corrected chi connectivity index (χ4v) is 6.39. The number of nitrogens with one attached hydrogen (secondary N) is 1. The zero-order valence-electron chi connectivity index (χ0n) is 31.1. The minimum absolute atomic E-state index is 0.0122. The Morgan fingerprint density at radius 1 is 0.685 bits per heavy atom. The van der Waals surface area contributed by atoms with Gasteiger partial charge >= 0.3 is 11.9 Å². The van der Waals surface area contributed by atoms with Crippen molar-refractivity contribution in [2.75, 3.05) is 52.8 Å². The van der Waals surface area contributed by atoms with Crippen molar-refractivity contribution in [1.29, 1.82) is 0 Å². The number of rotatable bonds is 27. The summed E-state index contributed by atoms with van der Waals surface area (Å²) < 4.78 is 27.0. The molecule has 0 radical (unpaired) electrons. The molecule has 0 aliphatic heterocycles. The molecule has 0 aromatic heterocycles. The molecule has 1 amide bonds. The molecule has 10 nitrogen and oxygen atoms in total. The predicted octanol–water partition coefficient (Wildman–Crippen LogP) is 6.58. The maximum atomic E-state index is 13.1. The van der Waals surface area contributed by atoms with Crippen molar-refractivity contribution in [2.24, 2.45) is 5.92 Å². The summed E-state index contributed by atoms with van der Waals surface area (Å²) in [6, 6.07) is 25.9. The lowest BCUT2D eigenvalue weighted by Crippen LogP contribution is -2.34. The Bertz CT molecular complexity index is 1610. The quantitative estimate of drug-likeness (QED) is 0.0524. The maximum absolute atomic E-state index is 13.1. The fraction of sp³-hybridized carbons (Fsp3) is 0.455. The lowest BCUT2D eigenvalue weighted by atomic mass is 9.96. The second-order valence-corrected chi connectivity index (χ2v) is 13.3. The number of esters is 2. The Balaban J connectivity index is 1.10. The third-order valence-corrected chi connectivity index (χ3v) is 9.21. The summed E-state index contributed by atoms with van der Waals surface area (Å²) >= 11 is 0. The minimum Gasteiger partial charge on any atom is -0.465 e. The van der Waals surface area contributed by atoms with Crippen LogP contribution in [0.4, 0.5) is 0 Å². The fourth-order valence-electron chi connectivity index (χ4n) is 6.39. The number of benzene rings is 3. The molecule has 0 unspecified atom stereocenters. The number of carbonyl (C=O) groups excluding carboxylic acids is 4. The average molecular weight is 740 g/mol. The molecule has 0 saturated carbocycles. The monoisotopic (exact) mass is 739 g/mol. The Morgan fingerprint density at radius 2 is 1.30 bits per heavy atom. The first-order valence-electron chi connectivity index (χ1n) is 19.0. The molecule has 288 valence electrons. The van der Waals surface area contributed by atoms with Crippen LogP contribution in [0.15, 0.2) is 78.9 Å². The van der Waals surface area contributed by atoms with E-state index in [2.05, 4.69) is 35.5 Å². The van der Waals surface area contributed by atoms with Crippen LogP contribution in [-0.4, -0.2) is 76.4 Å². The molecule has 0 spiro atoms. The summed E-state index contributed by atoms with van der Waals surface area (Å²) in [5.41, 5.74) is 5.67. The van der Waals surface area contributed by atoms with Crippen molar-refractivity contribution in [3.05, 3.63) is 95.6 Å². The third-order valence-electron chi connectivity index (χ3n) is 9.21. The molecular weight excluding hydrogens is 686 g/mol. The van der Waals surface area contributed by atoms with Gasteiger partial charge in [0.05, 0.1) is 26.4 Å². The van der Waals surface area contributed by atoms with E-state index in [4.69, 9.17) is 30.1 Å². The summed E-state index contributed by atoms with van der Waals surface area (Å²) in [5.74, 6) is 0.619. The predicted molar refractivity (Wildman–Crippen MR) is 205 cm³/mol. The molecule has 1 N–H and O–H groups in total. The first-order chi connectivity index (χ1) is 26.5. The van der Waals surface area contributed by atoms with Crippen molar-refractivity contribution in [2.45, 2.75) is 70.3 Å². The molecular formula is C44H53NO9. The van der Waals surface area contributed by atoms with E-state index >= 15 is 0 Å². The van der Waals surface area contributed by atoms with Crippen LogP contribution < -0.4 is 5.32 Å². The second kappa shape index (κ2) is 24.5. The Labute approximate surface area is 319 Å². The van der Waals surface area contributed by atoms with E-state index in [0.29, 0.717) is 39.4 Å². The van der Waals surface area contributed by atoms with Gasteiger partial charge in [0, 0.05) is 37.6 Å². The van der Waals surface area contributed by atoms with E-state index in [1.165, 1.54) is 22.3 Å². The molecule has 10 heteroatoms. The van der Waals surface area contributed by atoms with Gasteiger partial charge in [-0.15, -0.1) is 6.42 Å². The Hall–Kier alpha value is -4.82. The van der Waals surface area contributed by atoms with Crippen LogP contribution in [0.2, 0.25) is 0 Å². The molecule has 0 fully saturated rings. The number of terminal acetylenes is 1. The molecule has 1 atom stereocenters. The number of ketones is 1. The highest BCUT2D eigenvalue weighted by Crippen LogP contribution is 2.44. The molecule has 0 bridgehead atoms. The van der Waals surface area contributed by atoms with Gasteiger partial charge in [-0.2, -0.15) is 0 Å². The number of hydrogen-bond donors (Lipinski definition) is 1. The smallest absolute Gasteiger partial charge is 0.306 e. The van der Waals surface area contributed by atoms with E-state index < -0.39 is 11.9 Å². The van der Waals surface area contributed by atoms with Gasteiger partial charge in [-0.3, -0.25) is 19.2 Å². The van der Waals surface area contributed by atoms with Crippen molar-refractivity contribution in [1.82, 2.24) is 5.32 Å². The molecule has 0 saturated heterocycles. The zero-order chi connectivity index (χ0) is 38.2. The highest BCUT2D eigenvalue weighted by molar-refractivity contribution is 5.87. The molecule has 3 aromatic rings. The second-order valence-electron chi connectivity index (χ2n) is 13.3. The van der Waals surface area contributed by atoms with Gasteiger partial charge in [-0.25, -0.2) is 0 Å². The number of unbranched alkanes of at least 4 members (excludes halogenated alkanes) is 4. The molecule has 54 heavy (non-hydrogen) atoms. The third kappa shape index (κ3) is 14.9. The van der Waals surface area contributed by atoms with Crippen molar-refractivity contribution < 1.29 is 42.9 Å². The first kappa shape index (κ1) is 41.9. The van der Waals surface area contributed by atoms with Crippen LogP contribution in [0.1, 0.15) is 80.4 Å². The Morgan fingerprint density at radius 3 is 2.02 bits per heavy atom. The number of Topliss-reactive ketones (excluding diaryl/α,β-unsaturated/α-hetero) is 1. The van der Waals surface area contributed by atoms with Gasteiger partial charge < -0.3 is 29.0 Å². The standard InChI is InChI=1S/C44H53NO9/c1-2-25-50-26-27-51-28-29-52-32-36(46)30-35(22-23-43(48)53-31-34-15-7-6-8-16-34)44(49)45-24-14-5-3-4-9-21-42(47)54-33-41-39-19-12-10-17-37(39)38-18-11-13-20-40(38)41/h1,6-8,10-13,15-20,35,41H,3-5,9,14,21-33H2,(H,45,49)/t35-/m1/s1. The van der Waals surface area contributed by atoms with Gasteiger partial charge in [-0.1, -0.05) is 104 Å². The van der Waals surface area contributed by atoms with Gasteiger partial charge in [0.1, 0.15) is 26.4 Å². The summed E-state index contributed by atoms with van der Waals surface area (Å²) in [7, 11) is 0. The Kier molecular flexibility index (Phi) is 19.0. The molecule has 4 rings (SSSR count). The van der Waals surface area contributed by atoms with Crippen LogP contribution in [-0.2, 0) is 49.5 Å². The lowest BCUT2D eigenvalue weighted by Gasteiger charge is -2.16. The van der Waals surface area contributed by atoms with Gasteiger partial charge in [0.2, 0.25) is 5.91 Å². The van der Waals surface area contributed by atoms with Crippen LogP contribution >= 0.6 is 0 Å². The van der Waals surface area contributed by atoms with Crippen LogP contribution in [0.3, 0.4) is 0 Å². The first-order valence-corrected chi connectivity index (χ1v) is 19.0. The number of carbonyl (C=O) groups is 4. The zero-order valence-corrected chi connectivity index (χ0v) is 31.1. The van der Waals surface area contributed by atoms with E-state index in [1.807, 2.05) is 54.6 Å². The number of ether oxygens (including phenoxy) is 5. The number of hydrogen-bond acceptors (Lipinski definition) is 9. The molecule has 3 aromatic carbocycles. The van der Waals surface area contributed by atoms with Crippen LogP contribution in [0, 0.1) is 18.3 Å². The van der Waals surface area contributed by atoms with E-state index in [0.717, 1.165) is 37.7 Å². The molecule has 1 aliphatic carbocycles. The highest BCUT2D eigenvalue weighted by atomic mass is 16.5. The SMILES string of the molecule is C#CCOCCOCCOCC(=O)C[C@@H](CCC(=O)OCc1ccccc1)C(=O)NCCCCCCCC(=O)OCC1c2ccccc2-c2ccccc21. The summed E-state index contributed by atoms with van der Waals surface area (Å²) in [6.07, 6.45) is 9.82. The van der Waals surface area contributed by atoms with Gasteiger partial charge in [0.15, 0.2) is 5.78 Å². The van der Waals surface area contributed by atoms with Gasteiger partial charge in [-0.05, 0) is 47.1 Å². The summed E-state index contributed by atoms with van der Waals surface area (Å²) in [6.45, 7) is 2.24. The van der Waals surface area contributed by atoms with Crippen LogP contribution in [0.25, 0.3) is 11.1 Å². The normalized spacial score (nSPS) is 12.3. The minimum atomic E-state index is -0.688. The molecule has 0 heterocycles. The van der Waals surface area contributed by atoms with Gasteiger partial charge in [0.25, 0.3) is 0 Å². The summed E-state index contributed by atoms with van der Waals surface area (Å²) in [5, 5.41) is 2.94. The largest absolute Gasteiger partial charge is 0.465 e. The number of amides is 1. The van der Waals surface area contributed by atoms with E-state index in [1.54, 1.807) is 0 Å². The van der Waals surface area contributed by atoms with E-state index in [9.17, 15) is 19.2 Å². The topological polar surface area (TPSA) is 126 Å². The van der Waals surface area contributed by atoms with Crippen LogP contribution in [0.5, 0.6) is 0 Å². The molecule has 1 aliphatic rings. The van der Waals surface area contributed by atoms with Crippen molar-refractivity contribution >= 4 is 23.6 Å². The number of fused-ring (bicyclic) bond motifs is 3. The van der Waals surface area contributed by atoms with E-state index in [-0.39, 0.29) is 69.3 Å². The highest BCUT2D eigenvalue weighted by Gasteiger charge is 2.29.